The second kappa shape index (κ2) is 5.25. The molecule has 0 spiro atoms. The van der Waals surface area contributed by atoms with Crippen LogP contribution in [0.25, 0.3) is 0 Å². The molecule has 2 atom stereocenters. The van der Waals surface area contributed by atoms with Gasteiger partial charge in [0.15, 0.2) is 0 Å². The van der Waals surface area contributed by atoms with Crippen LogP contribution < -0.4 is 0 Å². The number of hydrogen-bond donors (Lipinski definition) is 1. The highest BCUT2D eigenvalue weighted by Crippen LogP contribution is 2.12. The van der Waals surface area contributed by atoms with Crippen LogP contribution in [0.2, 0.25) is 0 Å². The van der Waals surface area contributed by atoms with E-state index in [2.05, 4.69) is 12.1 Å². The summed E-state index contributed by atoms with van der Waals surface area (Å²) in [5.41, 5.74) is 1.25. The van der Waals surface area contributed by atoms with Crippen LogP contribution in [0.1, 0.15) is 12.5 Å². The van der Waals surface area contributed by atoms with Crippen molar-refractivity contribution >= 4 is 11.6 Å². The summed E-state index contributed by atoms with van der Waals surface area (Å²) in [6.07, 6.45) is 0.483. The van der Waals surface area contributed by atoms with Gasteiger partial charge in [-0.2, -0.15) is 0 Å². The molecule has 0 amide bonds. The minimum Gasteiger partial charge on any atom is -0.392 e. The Kier molecular flexibility index (Phi) is 4.26. The summed E-state index contributed by atoms with van der Waals surface area (Å²) in [5.74, 6) is 0.536. The number of aliphatic hydroxyl groups is 1. The van der Waals surface area contributed by atoms with Crippen LogP contribution in [0.3, 0.4) is 0 Å². The molecule has 0 aliphatic rings. The third-order valence-electron chi connectivity index (χ3n) is 2.22. The van der Waals surface area contributed by atoms with Crippen molar-refractivity contribution in [3.8, 4) is 0 Å². The van der Waals surface area contributed by atoms with Gasteiger partial charge in [0.05, 0.1) is 6.10 Å². The fourth-order valence-electron chi connectivity index (χ4n) is 1.27. The van der Waals surface area contributed by atoms with Gasteiger partial charge in [-0.1, -0.05) is 37.3 Å². The molecular formula is C11H15ClO. The molecule has 0 aromatic heterocycles. The summed E-state index contributed by atoms with van der Waals surface area (Å²) in [6, 6.07) is 10.1. The van der Waals surface area contributed by atoms with Gasteiger partial charge >= 0.3 is 0 Å². The molecule has 0 heterocycles. The Hall–Kier alpha value is -0.530. The Morgan fingerprint density at radius 3 is 2.46 bits per heavy atom. The molecule has 1 N–H and O–H groups in total. The molecule has 0 bridgehead atoms. The average molecular weight is 199 g/mol. The zero-order valence-corrected chi connectivity index (χ0v) is 8.54. The van der Waals surface area contributed by atoms with E-state index in [1.807, 2.05) is 25.1 Å². The van der Waals surface area contributed by atoms with Crippen LogP contribution in [0.15, 0.2) is 30.3 Å². The van der Waals surface area contributed by atoms with Crippen molar-refractivity contribution in [3.05, 3.63) is 35.9 Å². The van der Waals surface area contributed by atoms with Crippen molar-refractivity contribution < 1.29 is 5.11 Å². The second-order valence-corrected chi connectivity index (χ2v) is 3.70. The standard InChI is InChI=1S/C11H15ClO/c1-9(11(13)8-12)7-10-5-3-2-4-6-10/h2-6,9,11,13H,7-8H2,1H3/t9-,11?/m0/s1. The largest absolute Gasteiger partial charge is 0.392 e. The predicted molar refractivity (Wildman–Crippen MR) is 56.0 cm³/mol. The average Bonchev–Trinajstić information content (AvgIpc) is 2.18. The third-order valence-corrected chi connectivity index (χ3v) is 2.53. The van der Waals surface area contributed by atoms with Gasteiger partial charge in [-0.15, -0.1) is 11.6 Å². The molecule has 1 nitrogen and oxygen atoms in total. The molecular weight excluding hydrogens is 184 g/mol. The Bertz CT molecular complexity index is 235. The number of rotatable bonds is 4. The Morgan fingerprint density at radius 2 is 1.92 bits per heavy atom. The van der Waals surface area contributed by atoms with Gasteiger partial charge < -0.3 is 5.11 Å². The molecule has 0 radical (unpaired) electrons. The van der Waals surface area contributed by atoms with Crippen molar-refractivity contribution in [1.82, 2.24) is 0 Å². The maximum Gasteiger partial charge on any atom is 0.0704 e. The van der Waals surface area contributed by atoms with Crippen molar-refractivity contribution in [2.75, 3.05) is 5.88 Å². The van der Waals surface area contributed by atoms with Crippen molar-refractivity contribution in [2.24, 2.45) is 5.92 Å². The minimum absolute atomic E-state index is 0.222. The van der Waals surface area contributed by atoms with E-state index in [0.29, 0.717) is 5.88 Å². The second-order valence-electron chi connectivity index (χ2n) is 3.39. The third kappa shape index (κ3) is 3.37. The molecule has 13 heavy (non-hydrogen) atoms. The van der Waals surface area contributed by atoms with Crippen LogP contribution in [-0.4, -0.2) is 17.1 Å². The molecule has 0 fully saturated rings. The van der Waals surface area contributed by atoms with Gasteiger partial charge in [0.1, 0.15) is 0 Å². The van der Waals surface area contributed by atoms with Crippen LogP contribution in [-0.2, 0) is 6.42 Å². The summed E-state index contributed by atoms with van der Waals surface area (Å²) in [7, 11) is 0. The molecule has 72 valence electrons. The van der Waals surface area contributed by atoms with E-state index in [4.69, 9.17) is 11.6 Å². The van der Waals surface area contributed by atoms with Crippen molar-refractivity contribution in [1.29, 1.82) is 0 Å². The van der Waals surface area contributed by atoms with Gasteiger partial charge in [-0.3, -0.25) is 0 Å². The van der Waals surface area contributed by atoms with Gasteiger partial charge in [-0.25, -0.2) is 0 Å². The quantitative estimate of drug-likeness (QED) is 0.737. The predicted octanol–water partition coefficient (Wildman–Crippen LogP) is 2.46. The first-order chi connectivity index (χ1) is 6.24. The normalized spacial score (nSPS) is 15.3. The fourth-order valence-corrected chi connectivity index (χ4v) is 1.58. The molecule has 1 aromatic carbocycles. The van der Waals surface area contributed by atoms with E-state index < -0.39 is 6.10 Å². The smallest absolute Gasteiger partial charge is 0.0704 e. The van der Waals surface area contributed by atoms with Crippen LogP contribution in [0.5, 0.6) is 0 Å². The summed E-state index contributed by atoms with van der Waals surface area (Å²) in [6.45, 7) is 2.01. The summed E-state index contributed by atoms with van der Waals surface area (Å²) >= 11 is 5.56. The molecule has 0 aliphatic heterocycles. The van der Waals surface area contributed by atoms with Crippen molar-refractivity contribution in [3.63, 3.8) is 0 Å². The molecule has 1 aromatic rings. The molecule has 2 heteroatoms. The molecule has 1 rings (SSSR count). The van der Waals surface area contributed by atoms with Gasteiger partial charge in [0, 0.05) is 5.88 Å². The minimum atomic E-state index is -0.401. The lowest BCUT2D eigenvalue weighted by Gasteiger charge is -2.15. The highest BCUT2D eigenvalue weighted by molar-refractivity contribution is 6.18. The summed E-state index contributed by atoms with van der Waals surface area (Å²) in [5, 5.41) is 9.46. The number of alkyl halides is 1. The van der Waals surface area contributed by atoms with E-state index in [0.717, 1.165) is 6.42 Å². The highest BCUT2D eigenvalue weighted by Gasteiger charge is 2.12. The number of benzene rings is 1. The Labute approximate surface area is 84.4 Å². The SMILES string of the molecule is C[C@@H](Cc1ccccc1)C(O)CCl. The number of halogens is 1. The van der Waals surface area contributed by atoms with Gasteiger partial charge in [0.2, 0.25) is 0 Å². The van der Waals surface area contributed by atoms with Gasteiger partial charge in [0.25, 0.3) is 0 Å². The van der Waals surface area contributed by atoms with E-state index in [1.165, 1.54) is 5.56 Å². The van der Waals surface area contributed by atoms with Crippen LogP contribution in [0.4, 0.5) is 0 Å². The lowest BCUT2D eigenvalue weighted by atomic mass is 9.97. The summed E-state index contributed by atoms with van der Waals surface area (Å²) in [4.78, 5) is 0. The summed E-state index contributed by atoms with van der Waals surface area (Å²) < 4.78 is 0. The first-order valence-electron chi connectivity index (χ1n) is 4.52. The molecule has 0 aliphatic carbocycles. The Morgan fingerprint density at radius 1 is 1.31 bits per heavy atom. The topological polar surface area (TPSA) is 20.2 Å². The number of aliphatic hydroxyl groups excluding tert-OH is 1. The first-order valence-corrected chi connectivity index (χ1v) is 5.05. The van der Waals surface area contributed by atoms with E-state index in [1.54, 1.807) is 0 Å². The molecule has 1 unspecified atom stereocenters. The van der Waals surface area contributed by atoms with Crippen LogP contribution >= 0.6 is 11.6 Å². The first kappa shape index (κ1) is 10.6. The maximum absolute atomic E-state index is 9.46. The van der Waals surface area contributed by atoms with Crippen LogP contribution in [0, 0.1) is 5.92 Å². The zero-order valence-electron chi connectivity index (χ0n) is 7.78. The maximum atomic E-state index is 9.46. The lowest BCUT2D eigenvalue weighted by Crippen LogP contribution is -2.21. The lowest BCUT2D eigenvalue weighted by molar-refractivity contribution is 0.138. The fraction of sp³-hybridized carbons (Fsp3) is 0.455. The molecule has 0 saturated carbocycles. The zero-order chi connectivity index (χ0) is 9.68. The monoisotopic (exact) mass is 198 g/mol. The molecule has 0 saturated heterocycles. The number of hydrogen-bond acceptors (Lipinski definition) is 1. The van der Waals surface area contributed by atoms with Gasteiger partial charge in [-0.05, 0) is 17.9 Å². The van der Waals surface area contributed by atoms with Crippen molar-refractivity contribution in [2.45, 2.75) is 19.4 Å². The van der Waals surface area contributed by atoms with E-state index in [9.17, 15) is 5.11 Å². The highest BCUT2D eigenvalue weighted by atomic mass is 35.5. The van der Waals surface area contributed by atoms with E-state index in [-0.39, 0.29) is 5.92 Å². The Balaban J connectivity index is 2.50. The van der Waals surface area contributed by atoms with E-state index >= 15 is 0 Å².